The molecule has 0 aromatic heterocycles. The molecule has 1 aliphatic heterocycles. The Morgan fingerprint density at radius 3 is 2.54 bits per heavy atom. The summed E-state index contributed by atoms with van der Waals surface area (Å²) in [6.07, 6.45) is -4.38. The van der Waals surface area contributed by atoms with Crippen LogP contribution in [0, 0.1) is 11.8 Å². The minimum atomic E-state index is -4.70. The Bertz CT molecular complexity index is 1260. The average molecular weight is 553 g/mol. The number of allylic oxidation sites excluding steroid dienone is 1. The van der Waals surface area contributed by atoms with Crippen LogP contribution < -0.4 is 5.73 Å². The molecule has 5 rings (SSSR count). The lowest BCUT2D eigenvalue weighted by Crippen LogP contribution is -2.52. The molecule has 11 heteroatoms. The highest BCUT2D eigenvalue weighted by Gasteiger charge is 2.57. The lowest BCUT2D eigenvalue weighted by Gasteiger charge is -2.51. The van der Waals surface area contributed by atoms with Gasteiger partial charge >= 0.3 is 6.18 Å². The van der Waals surface area contributed by atoms with E-state index in [0.29, 0.717) is 12.1 Å². The number of carbonyl (C=O) groups excluding carboxylic acids is 1. The molecule has 0 bridgehead atoms. The number of alkyl halides is 3. The van der Waals surface area contributed by atoms with E-state index in [1.54, 1.807) is 0 Å². The van der Waals surface area contributed by atoms with Gasteiger partial charge in [0.15, 0.2) is 0 Å². The van der Waals surface area contributed by atoms with Crippen LogP contribution in [0.25, 0.3) is 0 Å². The molecule has 3 aliphatic carbocycles. The summed E-state index contributed by atoms with van der Waals surface area (Å²) >= 11 is 0. The number of nitrogens with zero attached hydrogens (tertiary/aromatic N) is 1. The van der Waals surface area contributed by atoms with E-state index in [0.717, 1.165) is 18.9 Å². The molecule has 5 atom stereocenters. The molecular formula is C28H35F3N2O6. The second-order valence-corrected chi connectivity index (χ2v) is 11.3. The Hall–Kier alpha value is -2.76. The van der Waals surface area contributed by atoms with Crippen molar-refractivity contribution in [2.45, 2.75) is 75.9 Å². The number of benzene rings is 1. The first-order chi connectivity index (χ1) is 18.3. The largest absolute Gasteiger partial charge is 0.512 e. The highest BCUT2D eigenvalue weighted by molar-refractivity contribution is 5.93. The molecule has 1 saturated heterocycles. The number of halogens is 3. The van der Waals surface area contributed by atoms with Crippen LogP contribution in [0.3, 0.4) is 0 Å². The van der Waals surface area contributed by atoms with Gasteiger partial charge < -0.3 is 30.5 Å². The third-order valence-electron chi connectivity index (χ3n) is 9.31. The average Bonchev–Trinajstić information content (AvgIpc) is 3.25. The minimum Gasteiger partial charge on any atom is -0.512 e. The summed E-state index contributed by atoms with van der Waals surface area (Å²) in [6.45, 7) is 2.71. The summed E-state index contributed by atoms with van der Waals surface area (Å²) in [4.78, 5) is 14.0. The molecule has 1 aromatic carbocycles. The maximum Gasteiger partial charge on any atom is 0.417 e. The molecule has 1 amide bonds. The number of nitrogens with two attached hydrogens (primary N) is 1. The number of fused-ring (bicyclic) bond motifs is 3. The predicted molar refractivity (Wildman–Crippen MR) is 134 cm³/mol. The fourth-order valence-electron chi connectivity index (χ4n) is 7.50. The summed E-state index contributed by atoms with van der Waals surface area (Å²) in [5, 5.41) is 33.2. The third kappa shape index (κ3) is 4.29. The van der Waals surface area contributed by atoms with Crippen molar-refractivity contribution in [3.8, 4) is 5.75 Å². The van der Waals surface area contributed by atoms with E-state index in [2.05, 4.69) is 0 Å². The first-order valence-corrected chi connectivity index (χ1v) is 13.2. The standard InChI is InChI=1S/C28H35F3N2O6/c1-13-5-4-6-33(13)12-15-9-20(35)22-17(23(15)28(29,30)31)8-14-7-16-10-19(34)18(26(32)37)11-27(16,39-3)25(38-2)21(14)24(22)36/h9,13-14,16,24,34-36H,4-8,10-12H2,1-3H3,(H2,32,37)/t13-,14-,16+,24?,27+/m1/s1. The molecule has 1 unspecified atom stereocenters. The number of aliphatic hydroxyl groups is 2. The van der Waals surface area contributed by atoms with Crippen LogP contribution in [0.2, 0.25) is 0 Å². The van der Waals surface area contributed by atoms with Crippen molar-refractivity contribution in [3.63, 3.8) is 0 Å². The molecular weight excluding hydrogens is 517 g/mol. The van der Waals surface area contributed by atoms with E-state index in [1.807, 2.05) is 11.8 Å². The van der Waals surface area contributed by atoms with Crippen molar-refractivity contribution in [3.05, 3.63) is 51.0 Å². The summed E-state index contributed by atoms with van der Waals surface area (Å²) in [6, 6.07) is 1.26. The number of rotatable bonds is 5. The zero-order chi connectivity index (χ0) is 28.4. The Kier molecular flexibility index (Phi) is 6.92. The van der Waals surface area contributed by atoms with Gasteiger partial charge in [-0.15, -0.1) is 0 Å². The van der Waals surface area contributed by atoms with Crippen molar-refractivity contribution < 1.29 is 42.8 Å². The Balaban J connectivity index is 1.67. The maximum absolute atomic E-state index is 14.7. The number of amides is 1. The van der Waals surface area contributed by atoms with Crippen LogP contribution in [0.15, 0.2) is 28.7 Å². The SMILES string of the molecule is COC1=C2C(O)c3c(O)cc(CN4CCC[C@H]4C)c(C(F)(F)F)c3C[C@H]2C[C@H]2CC(O)=C(C(N)=O)C[C@@]12OC. The Labute approximate surface area is 224 Å². The Morgan fingerprint density at radius 1 is 1.26 bits per heavy atom. The van der Waals surface area contributed by atoms with Gasteiger partial charge in [0, 0.05) is 49.6 Å². The molecule has 0 saturated carbocycles. The van der Waals surface area contributed by atoms with Gasteiger partial charge in [0.05, 0.1) is 18.2 Å². The second-order valence-electron chi connectivity index (χ2n) is 11.3. The molecule has 214 valence electrons. The van der Waals surface area contributed by atoms with Crippen LogP contribution >= 0.6 is 0 Å². The number of primary amides is 1. The smallest absolute Gasteiger partial charge is 0.417 e. The number of aromatic hydroxyl groups is 1. The number of hydrogen-bond donors (Lipinski definition) is 4. The Morgan fingerprint density at radius 2 is 1.97 bits per heavy atom. The van der Waals surface area contributed by atoms with E-state index >= 15 is 0 Å². The number of likely N-dealkylation sites (tertiary alicyclic amines) is 1. The van der Waals surface area contributed by atoms with Gasteiger partial charge in [-0.2, -0.15) is 13.2 Å². The maximum atomic E-state index is 14.7. The predicted octanol–water partition coefficient (Wildman–Crippen LogP) is 4.00. The number of methoxy groups -OCH3 is 2. The zero-order valence-corrected chi connectivity index (χ0v) is 22.3. The lowest BCUT2D eigenvalue weighted by atomic mass is 9.60. The van der Waals surface area contributed by atoms with E-state index in [1.165, 1.54) is 14.2 Å². The minimum absolute atomic E-state index is 0.00881. The molecule has 0 radical (unpaired) electrons. The van der Waals surface area contributed by atoms with Gasteiger partial charge in [-0.25, -0.2) is 0 Å². The van der Waals surface area contributed by atoms with Gasteiger partial charge in [-0.3, -0.25) is 9.69 Å². The van der Waals surface area contributed by atoms with E-state index in [-0.39, 0.29) is 72.1 Å². The molecule has 5 N–H and O–H groups in total. The number of phenolic OH excluding ortho intramolecular Hbond substituents is 1. The quantitative estimate of drug-likeness (QED) is 0.435. The van der Waals surface area contributed by atoms with Crippen molar-refractivity contribution in [2.24, 2.45) is 17.6 Å². The summed E-state index contributed by atoms with van der Waals surface area (Å²) in [5.41, 5.74) is 3.42. The van der Waals surface area contributed by atoms with Crippen molar-refractivity contribution in [2.75, 3.05) is 20.8 Å². The molecule has 1 heterocycles. The molecule has 1 fully saturated rings. The summed E-state index contributed by atoms with van der Waals surface area (Å²) in [7, 11) is 2.79. The summed E-state index contributed by atoms with van der Waals surface area (Å²) < 4.78 is 55.7. The van der Waals surface area contributed by atoms with Crippen LogP contribution in [0.5, 0.6) is 5.75 Å². The fraction of sp³-hybridized carbons (Fsp3) is 0.607. The van der Waals surface area contributed by atoms with Crippen LogP contribution in [0.4, 0.5) is 13.2 Å². The third-order valence-corrected chi connectivity index (χ3v) is 9.31. The number of carbonyl (C=O) groups is 1. The molecule has 39 heavy (non-hydrogen) atoms. The van der Waals surface area contributed by atoms with Crippen LogP contribution in [0.1, 0.15) is 67.4 Å². The topological polar surface area (TPSA) is 125 Å². The normalized spacial score (nSPS) is 31.2. The van der Waals surface area contributed by atoms with Crippen molar-refractivity contribution in [1.29, 1.82) is 0 Å². The van der Waals surface area contributed by atoms with Gasteiger partial charge in [-0.1, -0.05) is 0 Å². The van der Waals surface area contributed by atoms with E-state index in [9.17, 15) is 33.3 Å². The molecule has 8 nitrogen and oxygen atoms in total. The van der Waals surface area contributed by atoms with Crippen LogP contribution in [-0.2, 0) is 33.4 Å². The highest BCUT2D eigenvalue weighted by Crippen LogP contribution is 2.58. The molecule has 1 aromatic rings. The lowest BCUT2D eigenvalue weighted by molar-refractivity contribution is -0.139. The number of hydrogen-bond acceptors (Lipinski definition) is 7. The van der Waals surface area contributed by atoms with Crippen molar-refractivity contribution in [1.82, 2.24) is 4.90 Å². The highest BCUT2D eigenvalue weighted by atomic mass is 19.4. The number of aliphatic hydroxyl groups excluding tert-OH is 2. The van der Waals surface area contributed by atoms with E-state index < -0.39 is 46.9 Å². The number of phenols is 1. The van der Waals surface area contributed by atoms with Gasteiger partial charge in [0.1, 0.15) is 29.0 Å². The second kappa shape index (κ2) is 9.71. The molecule has 0 spiro atoms. The summed E-state index contributed by atoms with van der Waals surface area (Å²) in [5.74, 6) is -2.21. The van der Waals surface area contributed by atoms with Gasteiger partial charge in [-0.05, 0) is 62.3 Å². The van der Waals surface area contributed by atoms with Crippen molar-refractivity contribution >= 4 is 5.91 Å². The van der Waals surface area contributed by atoms with Gasteiger partial charge in [0.2, 0.25) is 5.91 Å². The van der Waals surface area contributed by atoms with Gasteiger partial charge in [0.25, 0.3) is 0 Å². The number of ether oxygens (including phenoxy) is 2. The molecule has 4 aliphatic rings. The zero-order valence-electron chi connectivity index (χ0n) is 22.3. The first kappa shape index (κ1) is 27.8. The first-order valence-electron chi connectivity index (χ1n) is 13.2. The monoisotopic (exact) mass is 552 g/mol. The fourth-order valence-corrected chi connectivity index (χ4v) is 7.50. The van der Waals surface area contributed by atoms with E-state index in [4.69, 9.17) is 15.2 Å². The van der Waals surface area contributed by atoms with Crippen LogP contribution in [-0.4, -0.2) is 58.5 Å².